The van der Waals surface area contributed by atoms with Gasteiger partial charge >= 0.3 is 0 Å². The van der Waals surface area contributed by atoms with Crippen molar-refractivity contribution in [1.82, 2.24) is 0 Å². The second kappa shape index (κ2) is 1.34. The molecule has 1 N–H and O–H groups in total. The summed E-state index contributed by atoms with van der Waals surface area (Å²) in [6.45, 7) is 1.31. The van der Waals surface area contributed by atoms with Gasteiger partial charge in [0.1, 0.15) is 6.04 Å². The highest BCUT2D eigenvalue weighted by atomic mass is 16.5. The fraction of sp³-hybridized carbons (Fsp3) is 1.00. The molecule has 0 radical (unpaired) electrons. The molecule has 0 aromatic carbocycles. The quantitative estimate of drug-likeness (QED) is 0.462. The first-order valence-corrected chi connectivity index (χ1v) is 1.88. The molecule has 0 spiro atoms. The van der Waals surface area contributed by atoms with Crippen LogP contribution in [0.1, 0.15) is 0 Å². The van der Waals surface area contributed by atoms with Crippen LogP contribution in [0.25, 0.3) is 0 Å². The highest BCUT2D eigenvalue weighted by molar-refractivity contribution is 4.68. The molecule has 1 rings (SSSR count). The summed E-state index contributed by atoms with van der Waals surface area (Å²) in [5.74, 6) is 0. The van der Waals surface area contributed by atoms with Gasteiger partial charge in [-0.15, -0.1) is 0 Å². The highest BCUT2D eigenvalue weighted by Crippen LogP contribution is 2.02. The van der Waals surface area contributed by atoms with E-state index in [4.69, 9.17) is 10.3 Å². The molecule has 0 aromatic heterocycles. The number of nitrogens with one attached hydrogen (secondary N) is 1. The molecular formula is C3H6N2O. The topological polar surface area (TPSA) is 45.4 Å². The van der Waals surface area contributed by atoms with Crippen molar-refractivity contribution in [3.05, 3.63) is 0 Å². The molecule has 1 fully saturated rings. The van der Waals surface area contributed by atoms with E-state index in [1.165, 1.54) is 0 Å². The summed E-state index contributed by atoms with van der Waals surface area (Å²) < 4.78 is 4.71. The van der Waals surface area contributed by atoms with E-state index in [1.807, 2.05) is 0 Å². The van der Waals surface area contributed by atoms with Gasteiger partial charge in [0.15, 0.2) is 0 Å². The Kier molecular flexibility index (Phi) is 0.837. The summed E-state index contributed by atoms with van der Waals surface area (Å²) in [7, 11) is 0. The van der Waals surface area contributed by atoms with E-state index in [9.17, 15) is 0 Å². The summed E-state index contributed by atoms with van der Waals surface area (Å²) >= 11 is 0. The lowest BCUT2D eigenvalue weighted by Gasteiger charge is -2.19. The number of ether oxygens (including phenoxy) is 1. The molecule has 0 saturated carbocycles. The Morgan fingerprint density at radius 1 is 1.67 bits per heavy atom. The van der Waals surface area contributed by atoms with E-state index in [0.717, 1.165) is 0 Å². The first-order valence-electron chi connectivity index (χ1n) is 1.88. The van der Waals surface area contributed by atoms with Crippen LogP contribution in [0.15, 0.2) is 5.11 Å². The third kappa shape index (κ3) is 0.408. The van der Waals surface area contributed by atoms with E-state index in [-0.39, 0.29) is 6.04 Å². The monoisotopic (exact) mass is 86.0 g/mol. The van der Waals surface area contributed by atoms with Crippen molar-refractivity contribution in [1.29, 1.82) is 5.53 Å². The van der Waals surface area contributed by atoms with E-state index in [0.29, 0.717) is 13.2 Å². The van der Waals surface area contributed by atoms with Gasteiger partial charge in [-0.1, -0.05) is 0 Å². The van der Waals surface area contributed by atoms with Crippen LogP contribution >= 0.6 is 0 Å². The Labute approximate surface area is 35.8 Å². The first kappa shape index (κ1) is 3.74. The Bertz CT molecular complexity index is 59.8. The average molecular weight is 86.1 g/mol. The van der Waals surface area contributed by atoms with E-state index >= 15 is 0 Å². The molecule has 3 nitrogen and oxygen atoms in total. The fourth-order valence-electron chi connectivity index (χ4n) is 0.298. The summed E-state index contributed by atoms with van der Waals surface area (Å²) in [6.07, 6.45) is 0. The van der Waals surface area contributed by atoms with E-state index < -0.39 is 0 Å². The van der Waals surface area contributed by atoms with Crippen molar-refractivity contribution < 1.29 is 4.74 Å². The van der Waals surface area contributed by atoms with Gasteiger partial charge in [0.05, 0.1) is 13.2 Å². The number of nitrogens with zero attached hydrogens (tertiary/aromatic N) is 1. The Morgan fingerprint density at radius 2 is 2.33 bits per heavy atom. The SMILES string of the molecule is N=NC1COC1. The van der Waals surface area contributed by atoms with Crippen molar-refractivity contribution in [3.8, 4) is 0 Å². The zero-order chi connectivity index (χ0) is 4.41. The minimum Gasteiger partial charge on any atom is -0.377 e. The van der Waals surface area contributed by atoms with Gasteiger partial charge in [0.2, 0.25) is 0 Å². The lowest BCUT2D eigenvalue weighted by molar-refractivity contribution is 0.00914. The van der Waals surface area contributed by atoms with Crippen LogP contribution in [0.4, 0.5) is 0 Å². The molecular weight excluding hydrogens is 80.0 g/mol. The van der Waals surface area contributed by atoms with Gasteiger partial charge in [0.25, 0.3) is 0 Å². The standard InChI is InChI=1S/C3H6N2O/c4-5-3-1-6-2-3/h3-4H,1-2H2. The normalized spacial score (nSPS) is 22.7. The van der Waals surface area contributed by atoms with E-state index in [2.05, 4.69) is 5.11 Å². The van der Waals surface area contributed by atoms with Crippen molar-refractivity contribution in [3.63, 3.8) is 0 Å². The smallest absolute Gasteiger partial charge is 0.117 e. The summed E-state index contributed by atoms with van der Waals surface area (Å²) in [6, 6.07) is 0.185. The second-order valence-corrected chi connectivity index (χ2v) is 1.32. The van der Waals surface area contributed by atoms with Crippen LogP contribution in [-0.2, 0) is 4.74 Å². The molecule has 1 saturated heterocycles. The third-order valence-electron chi connectivity index (χ3n) is 0.803. The fourth-order valence-corrected chi connectivity index (χ4v) is 0.298. The van der Waals surface area contributed by atoms with Gasteiger partial charge < -0.3 is 4.74 Å². The predicted molar refractivity (Wildman–Crippen MR) is 19.8 cm³/mol. The number of rotatable bonds is 1. The Hall–Kier alpha value is -0.440. The van der Waals surface area contributed by atoms with Crippen LogP contribution in [0, 0.1) is 5.53 Å². The van der Waals surface area contributed by atoms with Crippen LogP contribution in [-0.4, -0.2) is 19.3 Å². The maximum absolute atomic E-state index is 6.40. The van der Waals surface area contributed by atoms with Crippen molar-refractivity contribution in [2.75, 3.05) is 13.2 Å². The Morgan fingerprint density at radius 3 is 2.33 bits per heavy atom. The molecule has 1 heterocycles. The average Bonchev–Trinajstić information content (AvgIpc) is 1.31. The van der Waals surface area contributed by atoms with Gasteiger partial charge in [-0.25, -0.2) is 5.53 Å². The molecule has 1 aliphatic rings. The van der Waals surface area contributed by atoms with Crippen LogP contribution in [0.5, 0.6) is 0 Å². The molecule has 0 aromatic rings. The molecule has 0 bridgehead atoms. The van der Waals surface area contributed by atoms with Crippen LogP contribution < -0.4 is 0 Å². The second-order valence-electron chi connectivity index (χ2n) is 1.32. The van der Waals surface area contributed by atoms with Crippen LogP contribution in [0.3, 0.4) is 0 Å². The van der Waals surface area contributed by atoms with Crippen LogP contribution in [0.2, 0.25) is 0 Å². The maximum Gasteiger partial charge on any atom is 0.117 e. The molecule has 0 amide bonds. The van der Waals surface area contributed by atoms with Crippen molar-refractivity contribution in [2.45, 2.75) is 6.04 Å². The Balaban J connectivity index is 2.16. The summed E-state index contributed by atoms with van der Waals surface area (Å²) in [5.41, 5.74) is 6.40. The lowest BCUT2D eigenvalue weighted by atomic mass is 10.3. The van der Waals surface area contributed by atoms with Gasteiger partial charge in [-0.2, -0.15) is 5.11 Å². The van der Waals surface area contributed by atoms with Gasteiger partial charge in [-0.3, -0.25) is 0 Å². The molecule has 6 heavy (non-hydrogen) atoms. The van der Waals surface area contributed by atoms with E-state index in [1.54, 1.807) is 0 Å². The number of hydrogen-bond donors (Lipinski definition) is 1. The summed E-state index contributed by atoms with van der Waals surface area (Å²) in [4.78, 5) is 0. The minimum absolute atomic E-state index is 0.185. The maximum atomic E-state index is 6.40. The minimum atomic E-state index is 0.185. The lowest BCUT2D eigenvalue weighted by Crippen LogP contribution is -2.30. The highest BCUT2D eigenvalue weighted by Gasteiger charge is 2.15. The molecule has 0 aliphatic carbocycles. The zero-order valence-corrected chi connectivity index (χ0v) is 3.35. The van der Waals surface area contributed by atoms with Crippen molar-refractivity contribution >= 4 is 0 Å². The van der Waals surface area contributed by atoms with Gasteiger partial charge in [-0.05, 0) is 0 Å². The first-order chi connectivity index (χ1) is 2.93. The predicted octanol–water partition coefficient (Wildman–Crippen LogP) is 0.416. The molecule has 0 atom stereocenters. The van der Waals surface area contributed by atoms with Gasteiger partial charge in [0, 0.05) is 0 Å². The summed E-state index contributed by atoms with van der Waals surface area (Å²) in [5, 5.41) is 3.22. The molecule has 34 valence electrons. The molecule has 0 unspecified atom stereocenters. The molecule has 3 heteroatoms. The third-order valence-corrected chi connectivity index (χ3v) is 0.803. The largest absolute Gasteiger partial charge is 0.377 e. The number of hydrogen-bond acceptors (Lipinski definition) is 3. The van der Waals surface area contributed by atoms with Crippen molar-refractivity contribution in [2.24, 2.45) is 5.11 Å². The zero-order valence-electron chi connectivity index (χ0n) is 3.35. The molecule has 1 aliphatic heterocycles.